The number of hydrogen-bond acceptors (Lipinski definition) is 5. The highest BCUT2D eigenvalue weighted by Crippen LogP contribution is 2.44. The number of benzene rings is 2. The first-order valence-electron chi connectivity index (χ1n) is 12.3. The first-order chi connectivity index (χ1) is 16.9. The molecule has 0 radical (unpaired) electrons. The van der Waals surface area contributed by atoms with Gasteiger partial charge >= 0.3 is 0 Å². The first kappa shape index (κ1) is 26.2. The molecule has 1 aromatic heterocycles. The average Bonchev–Trinajstić information content (AvgIpc) is 2.88. The zero-order valence-electron chi connectivity index (χ0n) is 20.4. The molecule has 3 aromatic rings. The van der Waals surface area contributed by atoms with Crippen molar-refractivity contribution in [1.82, 2.24) is 10.3 Å². The second kappa shape index (κ2) is 11.9. The number of halogens is 2. The highest BCUT2D eigenvalue weighted by atomic mass is 35.5. The van der Waals surface area contributed by atoms with Gasteiger partial charge < -0.3 is 15.2 Å². The molecule has 2 aromatic carbocycles. The Balaban J connectivity index is 1.46. The number of piperidine rings is 1. The number of hydrogen-bond donors (Lipinski definition) is 2. The number of rotatable bonds is 10. The van der Waals surface area contributed by atoms with Gasteiger partial charge in [-0.15, -0.1) is 11.8 Å². The van der Waals surface area contributed by atoms with Crippen molar-refractivity contribution in [3.05, 3.63) is 64.8 Å². The fourth-order valence-electron chi connectivity index (χ4n) is 5.08. The number of thioether (sulfide) groups is 1. The van der Waals surface area contributed by atoms with Crippen LogP contribution >= 0.6 is 23.4 Å². The molecule has 2 heterocycles. The molecule has 4 rings (SSSR count). The molecule has 0 unspecified atom stereocenters. The predicted octanol–water partition coefficient (Wildman–Crippen LogP) is 6.91. The second-order valence-electron chi connectivity index (χ2n) is 9.49. The topological polar surface area (TPSA) is 54.4 Å². The number of aliphatic hydroxyl groups is 1. The zero-order chi connectivity index (χ0) is 24.8. The van der Waals surface area contributed by atoms with Crippen molar-refractivity contribution in [3.8, 4) is 5.75 Å². The van der Waals surface area contributed by atoms with E-state index in [9.17, 15) is 5.11 Å². The Morgan fingerprint density at radius 2 is 1.91 bits per heavy atom. The summed E-state index contributed by atoms with van der Waals surface area (Å²) in [6.45, 7) is 3.76. The predicted molar refractivity (Wildman–Crippen MR) is 143 cm³/mol. The number of methoxy groups -OCH3 is 1. The Labute approximate surface area is 216 Å². The van der Waals surface area contributed by atoms with E-state index in [1.54, 1.807) is 24.9 Å². The van der Waals surface area contributed by atoms with Crippen molar-refractivity contribution < 1.29 is 14.2 Å². The third-order valence-corrected chi connectivity index (χ3v) is 8.61. The molecule has 0 saturated carbocycles. The summed E-state index contributed by atoms with van der Waals surface area (Å²) in [7, 11) is 1.59. The Hall–Kier alpha value is -1.86. The van der Waals surface area contributed by atoms with Gasteiger partial charge in [0.05, 0.1) is 23.8 Å². The van der Waals surface area contributed by atoms with Gasteiger partial charge in [0, 0.05) is 27.8 Å². The lowest BCUT2D eigenvalue weighted by Crippen LogP contribution is -2.45. The zero-order valence-corrected chi connectivity index (χ0v) is 22.0. The van der Waals surface area contributed by atoms with E-state index in [0.29, 0.717) is 46.5 Å². The van der Waals surface area contributed by atoms with Crippen LogP contribution in [0.2, 0.25) is 5.02 Å². The van der Waals surface area contributed by atoms with Gasteiger partial charge in [-0.1, -0.05) is 29.3 Å². The minimum absolute atomic E-state index is 0.295. The number of pyridine rings is 1. The standard InChI is InChI=1S/C28H34ClFN2O2S/c1-19-3-6-21(7-4-19)35-16-10-26(33)28(12-14-31-15-13-28)11-9-24(30)27-22-17-20(34-2)5-8-25(22)32-18-23(27)29/h3-8,17-18,24,26,31,33H,9-16H2,1-2H3/t24-,26+/m1/s1. The van der Waals surface area contributed by atoms with Crippen LogP contribution in [-0.2, 0) is 0 Å². The summed E-state index contributed by atoms with van der Waals surface area (Å²) in [5.41, 5.74) is 2.10. The summed E-state index contributed by atoms with van der Waals surface area (Å²) < 4.78 is 21.1. The van der Waals surface area contributed by atoms with E-state index in [0.717, 1.165) is 31.7 Å². The number of aromatic nitrogens is 1. The highest BCUT2D eigenvalue weighted by molar-refractivity contribution is 7.99. The molecule has 0 spiro atoms. The van der Waals surface area contributed by atoms with E-state index in [-0.39, 0.29) is 5.41 Å². The van der Waals surface area contributed by atoms with Gasteiger partial charge in [0.1, 0.15) is 11.9 Å². The smallest absolute Gasteiger partial charge is 0.127 e. The van der Waals surface area contributed by atoms with Crippen LogP contribution in [0.5, 0.6) is 5.75 Å². The number of aryl methyl sites for hydroxylation is 1. The summed E-state index contributed by atoms with van der Waals surface area (Å²) in [5, 5.41) is 15.7. The van der Waals surface area contributed by atoms with Crippen LogP contribution in [0.3, 0.4) is 0 Å². The molecular formula is C28H34ClFN2O2S. The Morgan fingerprint density at radius 1 is 1.17 bits per heavy atom. The third kappa shape index (κ3) is 6.29. The van der Waals surface area contributed by atoms with Gasteiger partial charge in [0.15, 0.2) is 0 Å². The molecule has 1 aliphatic rings. The van der Waals surface area contributed by atoms with E-state index in [1.807, 2.05) is 12.1 Å². The van der Waals surface area contributed by atoms with E-state index < -0.39 is 12.3 Å². The molecule has 1 saturated heterocycles. The van der Waals surface area contributed by atoms with E-state index in [1.165, 1.54) is 16.7 Å². The fourth-order valence-corrected chi connectivity index (χ4v) is 6.25. The lowest BCUT2D eigenvalue weighted by molar-refractivity contribution is -0.0124. The summed E-state index contributed by atoms with van der Waals surface area (Å²) in [6.07, 6.45) is 3.08. The van der Waals surface area contributed by atoms with E-state index in [4.69, 9.17) is 16.3 Å². The molecule has 0 aliphatic carbocycles. The molecule has 188 valence electrons. The van der Waals surface area contributed by atoms with E-state index >= 15 is 4.39 Å². The normalized spacial score (nSPS) is 17.3. The van der Waals surface area contributed by atoms with Gasteiger partial charge in [0.2, 0.25) is 0 Å². The fraction of sp³-hybridized carbons (Fsp3) is 0.464. The van der Waals surface area contributed by atoms with Gasteiger partial charge in [-0.2, -0.15) is 0 Å². The molecule has 35 heavy (non-hydrogen) atoms. The highest BCUT2D eigenvalue weighted by Gasteiger charge is 2.39. The van der Waals surface area contributed by atoms with Crippen LogP contribution in [0.4, 0.5) is 4.39 Å². The first-order valence-corrected chi connectivity index (χ1v) is 13.6. The summed E-state index contributed by atoms with van der Waals surface area (Å²) in [5.74, 6) is 1.48. The third-order valence-electron chi connectivity index (χ3n) is 7.26. The van der Waals surface area contributed by atoms with Crippen molar-refractivity contribution in [1.29, 1.82) is 0 Å². The number of nitrogens with one attached hydrogen (secondary N) is 1. The minimum Gasteiger partial charge on any atom is -0.497 e. The van der Waals surface area contributed by atoms with Crippen LogP contribution in [0.1, 0.15) is 49.4 Å². The molecule has 4 nitrogen and oxygen atoms in total. The average molecular weight is 517 g/mol. The lowest BCUT2D eigenvalue weighted by Gasteiger charge is -2.42. The molecule has 0 bridgehead atoms. The molecular weight excluding hydrogens is 483 g/mol. The van der Waals surface area contributed by atoms with Crippen LogP contribution in [0, 0.1) is 12.3 Å². The van der Waals surface area contributed by atoms with Crippen molar-refractivity contribution in [2.75, 3.05) is 26.0 Å². The van der Waals surface area contributed by atoms with Crippen molar-refractivity contribution >= 4 is 34.3 Å². The number of ether oxygens (including phenoxy) is 1. The summed E-state index contributed by atoms with van der Waals surface area (Å²) >= 11 is 8.21. The summed E-state index contributed by atoms with van der Waals surface area (Å²) in [4.78, 5) is 5.56. The SMILES string of the molecule is COc1ccc2ncc(Cl)c([C@H](F)CCC3([C@@H](O)CCSc4ccc(C)cc4)CCNCC3)c2c1. The van der Waals surface area contributed by atoms with Crippen LogP contribution in [-0.4, -0.2) is 42.1 Å². The maximum absolute atomic E-state index is 15.8. The lowest BCUT2D eigenvalue weighted by atomic mass is 9.69. The second-order valence-corrected chi connectivity index (χ2v) is 11.1. The largest absolute Gasteiger partial charge is 0.497 e. The molecule has 1 fully saturated rings. The van der Waals surface area contributed by atoms with Crippen molar-refractivity contribution in [3.63, 3.8) is 0 Å². The molecule has 0 amide bonds. The number of fused-ring (bicyclic) bond motifs is 1. The van der Waals surface area contributed by atoms with Crippen LogP contribution in [0.15, 0.2) is 53.6 Å². The van der Waals surface area contributed by atoms with E-state index in [2.05, 4.69) is 41.5 Å². The van der Waals surface area contributed by atoms with Gasteiger partial charge in [-0.25, -0.2) is 4.39 Å². The number of alkyl halides is 1. The van der Waals surface area contributed by atoms with Crippen molar-refractivity contribution in [2.45, 2.75) is 56.2 Å². The molecule has 2 atom stereocenters. The number of nitrogens with zero attached hydrogens (tertiary/aromatic N) is 1. The Kier molecular flexibility index (Phi) is 8.92. The van der Waals surface area contributed by atoms with Gasteiger partial charge in [0.25, 0.3) is 0 Å². The molecule has 7 heteroatoms. The maximum Gasteiger partial charge on any atom is 0.127 e. The van der Waals surface area contributed by atoms with Crippen molar-refractivity contribution in [2.24, 2.45) is 5.41 Å². The van der Waals surface area contributed by atoms with Gasteiger partial charge in [-0.05, 0) is 87.9 Å². The number of aliphatic hydroxyl groups excluding tert-OH is 1. The van der Waals surface area contributed by atoms with Gasteiger partial charge in [-0.3, -0.25) is 4.98 Å². The van der Waals surface area contributed by atoms with Crippen LogP contribution < -0.4 is 10.1 Å². The maximum atomic E-state index is 15.8. The van der Waals surface area contributed by atoms with Crippen LogP contribution in [0.25, 0.3) is 10.9 Å². The Bertz CT molecular complexity index is 1120. The molecule has 1 aliphatic heterocycles. The Morgan fingerprint density at radius 3 is 2.63 bits per heavy atom. The quantitative estimate of drug-likeness (QED) is 0.287. The molecule has 2 N–H and O–H groups in total. The summed E-state index contributed by atoms with van der Waals surface area (Å²) in [6, 6.07) is 13.9. The monoisotopic (exact) mass is 516 g/mol. The minimum atomic E-state index is -1.25.